The molecule has 0 aliphatic heterocycles. The molecule has 0 saturated heterocycles. The molecule has 0 heterocycles. The van der Waals surface area contributed by atoms with Gasteiger partial charge in [-0.1, -0.05) is 42.5 Å². The molecule has 0 aliphatic carbocycles. The van der Waals surface area contributed by atoms with E-state index in [-0.39, 0.29) is 12.5 Å². The topological polar surface area (TPSA) is 49.3 Å². The van der Waals surface area contributed by atoms with E-state index < -0.39 is 6.10 Å². The third kappa shape index (κ3) is 3.66. The summed E-state index contributed by atoms with van der Waals surface area (Å²) in [6, 6.07) is 14.0. The van der Waals surface area contributed by atoms with Gasteiger partial charge in [-0.25, -0.2) is 0 Å². The molecular formula is C16H17NO2. The summed E-state index contributed by atoms with van der Waals surface area (Å²) in [4.78, 5) is 11.5. The third-order valence-electron chi connectivity index (χ3n) is 2.81. The van der Waals surface area contributed by atoms with E-state index in [4.69, 9.17) is 5.11 Å². The number of hydrogen-bond acceptors (Lipinski definition) is 2. The highest BCUT2D eigenvalue weighted by Gasteiger charge is 2.00. The maximum absolute atomic E-state index is 11.5. The van der Waals surface area contributed by atoms with Gasteiger partial charge in [-0.2, -0.15) is 0 Å². The Bertz CT molecular complexity index is 597. The van der Waals surface area contributed by atoms with Gasteiger partial charge in [-0.15, -0.1) is 0 Å². The Hall–Kier alpha value is -2.13. The number of aliphatic hydroxyl groups excluding tert-OH is 1. The largest absolute Gasteiger partial charge is 0.392 e. The number of aliphatic hydroxyl groups is 1. The second kappa shape index (κ2) is 6.16. The predicted molar refractivity (Wildman–Crippen MR) is 77.7 cm³/mol. The van der Waals surface area contributed by atoms with Crippen molar-refractivity contribution < 1.29 is 9.90 Å². The van der Waals surface area contributed by atoms with Crippen LogP contribution in [0.4, 0.5) is 0 Å². The Morgan fingerprint density at radius 1 is 1.26 bits per heavy atom. The first-order valence-electron chi connectivity index (χ1n) is 6.28. The summed E-state index contributed by atoms with van der Waals surface area (Å²) in [7, 11) is 0. The molecule has 0 fully saturated rings. The van der Waals surface area contributed by atoms with Crippen LogP contribution in [0.2, 0.25) is 0 Å². The smallest absolute Gasteiger partial charge is 0.244 e. The maximum Gasteiger partial charge on any atom is 0.244 e. The molecule has 3 heteroatoms. The van der Waals surface area contributed by atoms with Gasteiger partial charge in [0.25, 0.3) is 0 Å². The Balaban J connectivity index is 2.15. The molecule has 0 aliphatic rings. The van der Waals surface area contributed by atoms with Crippen molar-refractivity contribution in [2.24, 2.45) is 0 Å². The first-order chi connectivity index (χ1) is 9.16. The molecule has 0 spiro atoms. The highest BCUT2D eigenvalue weighted by molar-refractivity contribution is 5.96. The molecule has 19 heavy (non-hydrogen) atoms. The van der Waals surface area contributed by atoms with E-state index in [1.54, 1.807) is 13.0 Å². The van der Waals surface area contributed by atoms with E-state index in [2.05, 4.69) is 5.32 Å². The van der Waals surface area contributed by atoms with E-state index in [0.717, 1.165) is 16.3 Å². The number of carbonyl (C=O) groups is 1. The third-order valence-corrected chi connectivity index (χ3v) is 2.81. The van der Waals surface area contributed by atoms with E-state index in [0.29, 0.717) is 0 Å². The number of benzene rings is 2. The molecule has 2 N–H and O–H groups in total. The van der Waals surface area contributed by atoms with Crippen LogP contribution in [0.25, 0.3) is 16.8 Å². The average Bonchev–Trinajstić information content (AvgIpc) is 2.42. The first kappa shape index (κ1) is 13.3. The fourth-order valence-corrected chi connectivity index (χ4v) is 1.87. The zero-order chi connectivity index (χ0) is 13.7. The minimum atomic E-state index is -0.532. The molecule has 2 aromatic rings. The second-order valence-corrected chi connectivity index (χ2v) is 4.50. The lowest BCUT2D eigenvalue weighted by Gasteiger charge is -2.04. The van der Waals surface area contributed by atoms with Crippen LogP contribution in [0.1, 0.15) is 12.5 Å². The molecule has 0 aromatic heterocycles. The van der Waals surface area contributed by atoms with Crippen molar-refractivity contribution in [3.8, 4) is 0 Å². The van der Waals surface area contributed by atoms with Crippen molar-refractivity contribution in [2.75, 3.05) is 6.54 Å². The van der Waals surface area contributed by atoms with Crippen molar-refractivity contribution in [3.05, 3.63) is 54.1 Å². The zero-order valence-corrected chi connectivity index (χ0v) is 10.8. The summed E-state index contributed by atoms with van der Waals surface area (Å²) in [6.07, 6.45) is 2.75. The van der Waals surface area contributed by atoms with Gasteiger partial charge in [0.1, 0.15) is 0 Å². The predicted octanol–water partition coefficient (Wildman–Crippen LogP) is 2.35. The van der Waals surface area contributed by atoms with Crippen molar-refractivity contribution in [2.45, 2.75) is 13.0 Å². The number of rotatable bonds is 4. The van der Waals surface area contributed by atoms with E-state index in [9.17, 15) is 4.79 Å². The summed E-state index contributed by atoms with van der Waals surface area (Å²) in [5.74, 6) is -0.200. The van der Waals surface area contributed by atoms with Crippen LogP contribution >= 0.6 is 0 Å². The molecule has 3 nitrogen and oxygen atoms in total. The lowest BCUT2D eigenvalue weighted by Crippen LogP contribution is -2.28. The number of nitrogens with one attached hydrogen (secondary N) is 1. The second-order valence-electron chi connectivity index (χ2n) is 4.50. The van der Waals surface area contributed by atoms with Gasteiger partial charge in [-0.05, 0) is 29.3 Å². The number of amides is 1. The van der Waals surface area contributed by atoms with Crippen LogP contribution in [0.5, 0.6) is 0 Å². The van der Waals surface area contributed by atoms with Gasteiger partial charge < -0.3 is 10.4 Å². The van der Waals surface area contributed by atoms with Crippen molar-refractivity contribution in [1.29, 1.82) is 0 Å². The first-order valence-corrected chi connectivity index (χ1v) is 6.28. The molecule has 0 radical (unpaired) electrons. The van der Waals surface area contributed by atoms with Crippen LogP contribution in [-0.2, 0) is 4.79 Å². The van der Waals surface area contributed by atoms with Gasteiger partial charge in [0.2, 0.25) is 5.91 Å². The number of fused-ring (bicyclic) bond motifs is 1. The normalized spacial score (nSPS) is 12.7. The zero-order valence-electron chi connectivity index (χ0n) is 10.8. The summed E-state index contributed by atoms with van der Waals surface area (Å²) >= 11 is 0. The van der Waals surface area contributed by atoms with Crippen LogP contribution in [0.3, 0.4) is 0 Å². The van der Waals surface area contributed by atoms with E-state index in [1.807, 2.05) is 42.5 Å². The van der Waals surface area contributed by atoms with E-state index >= 15 is 0 Å². The van der Waals surface area contributed by atoms with Gasteiger partial charge in [0.15, 0.2) is 0 Å². The standard InChI is InChI=1S/C16H17NO2/c1-12(18)11-17-16(19)10-9-14-7-4-6-13-5-2-3-8-15(13)14/h2-10,12,18H,11H2,1H3,(H,17,19)/b10-9+. The highest BCUT2D eigenvalue weighted by Crippen LogP contribution is 2.19. The average molecular weight is 255 g/mol. The fourth-order valence-electron chi connectivity index (χ4n) is 1.87. The minimum Gasteiger partial charge on any atom is -0.392 e. The summed E-state index contributed by atoms with van der Waals surface area (Å²) in [5.41, 5.74) is 1.00. The Labute approximate surface area is 112 Å². The monoisotopic (exact) mass is 255 g/mol. The lowest BCUT2D eigenvalue weighted by atomic mass is 10.0. The van der Waals surface area contributed by atoms with Crippen molar-refractivity contribution >= 4 is 22.8 Å². The van der Waals surface area contributed by atoms with Crippen molar-refractivity contribution in [1.82, 2.24) is 5.32 Å². The molecule has 0 saturated carbocycles. The van der Waals surface area contributed by atoms with Crippen LogP contribution in [0.15, 0.2) is 48.5 Å². The maximum atomic E-state index is 11.5. The molecule has 2 aromatic carbocycles. The van der Waals surface area contributed by atoms with Crippen LogP contribution < -0.4 is 5.32 Å². The fraction of sp³-hybridized carbons (Fsp3) is 0.188. The van der Waals surface area contributed by atoms with E-state index in [1.165, 1.54) is 6.08 Å². The molecular weight excluding hydrogens is 238 g/mol. The van der Waals surface area contributed by atoms with Gasteiger partial charge in [0, 0.05) is 12.6 Å². The molecule has 1 amide bonds. The Kier molecular flexibility index (Phi) is 4.31. The van der Waals surface area contributed by atoms with Gasteiger partial charge in [-0.3, -0.25) is 4.79 Å². The van der Waals surface area contributed by atoms with Crippen molar-refractivity contribution in [3.63, 3.8) is 0 Å². The van der Waals surface area contributed by atoms with Crippen LogP contribution in [-0.4, -0.2) is 23.7 Å². The molecule has 0 bridgehead atoms. The minimum absolute atomic E-state index is 0.200. The molecule has 1 atom stereocenters. The Morgan fingerprint density at radius 3 is 2.79 bits per heavy atom. The molecule has 98 valence electrons. The quantitative estimate of drug-likeness (QED) is 0.824. The summed E-state index contributed by atoms with van der Waals surface area (Å²) in [6.45, 7) is 1.90. The summed E-state index contributed by atoms with van der Waals surface area (Å²) < 4.78 is 0. The Morgan fingerprint density at radius 2 is 2.00 bits per heavy atom. The highest BCUT2D eigenvalue weighted by atomic mass is 16.3. The van der Waals surface area contributed by atoms with Gasteiger partial charge in [0.05, 0.1) is 6.10 Å². The lowest BCUT2D eigenvalue weighted by molar-refractivity contribution is -0.116. The number of hydrogen-bond donors (Lipinski definition) is 2. The number of carbonyl (C=O) groups excluding carboxylic acids is 1. The SMILES string of the molecule is CC(O)CNC(=O)/C=C/c1cccc2ccccc12. The van der Waals surface area contributed by atoms with Crippen LogP contribution in [0, 0.1) is 0 Å². The molecule has 1 unspecified atom stereocenters. The summed E-state index contributed by atoms with van der Waals surface area (Å²) in [5, 5.41) is 14.0. The molecule has 2 rings (SSSR count). The van der Waals surface area contributed by atoms with Gasteiger partial charge >= 0.3 is 0 Å².